The van der Waals surface area contributed by atoms with E-state index in [1.807, 2.05) is 86.6 Å². The van der Waals surface area contributed by atoms with Crippen molar-refractivity contribution in [3.8, 4) is 50.3 Å². The molecule has 4 N–H and O–H groups in total. The maximum Gasteiger partial charge on any atom is 0.301 e. The minimum Gasteiger partial charge on any atom is -0.496 e. The van der Waals surface area contributed by atoms with Gasteiger partial charge in [-0.25, -0.2) is 13.2 Å². The molecule has 3 aliphatic heterocycles. The molecule has 3 aliphatic rings. The third-order valence-electron chi connectivity index (χ3n) is 26.0. The predicted molar refractivity (Wildman–Crippen MR) is 556 cm³/mol. The number of aromatic nitrogens is 15. The van der Waals surface area contributed by atoms with Crippen LogP contribution in [-0.2, 0) is 37.4 Å². The number of aryl methyl sites for hydroxylation is 3. The summed E-state index contributed by atoms with van der Waals surface area (Å²) in [4.78, 5) is 99.0. The molecule has 0 radical (unpaired) electrons. The van der Waals surface area contributed by atoms with Crippen LogP contribution < -0.4 is 81.8 Å². The average molecular weight is 2110 g/mol. The van der Waals surface area contributed by atoms with Gasteiger partial charge in [0, 0.05) is 72.3 Å². The Kier molecular flexibility index (Phi) is 32.6. The summed E-state index contributed by atoms with van der Waals surface area (Å²) in [6.45, 7) is 19.2. The molecule has 19 rings (SSSR count). The maximum atomic E-state index is 14.9. The van der Waals surface area contributed by atoms with Gasteiger partial charge in [0.25, 0.3) is 33.3 Å². The second-order valence-electron chi connectivity index (χ2n) is 37.2. The number of hydrogen-bond acceptors (Lipinski definition) is 30. The average Bonchev–Trinajstić information content (AvgIpc) is 0.926. The lowest BCUT2D eigenvalue weighted by Crippen LogP contribution is -2.66. The summed E-state index contributed by atoms with van der Waals surface area (Å²) in [5.74, 6) is -0.837. The van der Waals surface area contributed by atoms with Gasteiger partial charge in [0.1, 0.15) is 102 Å². The Morgan fingerprint density at radius 2 is 0.649 bits per heavy atom. The van der Waals surface area contributed by atoms with Crippen molar-refractivity contribution in [3.05, 3.63) is 295 Å². The highest BCUT2D eigenvalue weighted by Gasteiger charge is 2.52. The third kappa shape index (κ3) is 22.0. The lowest BCUT2D eigenvalue weighted by Gasteiger charge is -2.43. The van der Waals surface area contributed by atoms with Crippen molar-refractivity contribution in [2.45, 2.75) is 128 Å². The van der Waals surface area contributed by atoms with E-state index in [1.165, 1.54) is 150 Å². The largest absolute Gasteiger partial charge is 0.496 e. The number of aliphatic hydroxyl groups is 1. The summed E-state index contributed by atoms with van der Waals surface area (Å²) >= 11 is 3.74. The number of hydrogen-bond donors (Lipinski definition) is 4. The van der Waals surface area contributed by atoms with Crippen molar-refractivity contribution < 1.29 is 84.1 Å². The van der Waals surface area contributed by atoms with Crippen molar-refractivity contribution in [2.24, 2.45) is 0 Å². The molecule has 9 aromatic heterocycles. The van der Waals surface area contributed by atoms with E-state index in [0.717, 1.165) is 20.7 Å². The minimum absolute atomic E-state index is 0.00718. The van der Waals surface area contributed by atoms with Gasteiger partial charge in [0.2, 0.25) is 17.7 Å². The van der Waals surface area contributed by atoms with E-state index in [4.69, 9.17) is 61.5 Å². The molecule has 0 spiro atoms. The number of methoxy groups -OCH3 is 3. The van der Waals surface area contributed by atoms with Crippen LogP contribution in [-0.4, -0.2) is 214 Å². The van der Waals surface area contributed by atoms with Gasteiger partial charge >= 0.3 is 18.0 Å². The van der Waals surface area contributed by atoms with Crippen LogP contribution in [0.1, 0.15) is 131 Å². The van der Waals surface area contributed by atoms with Gasteiger partial charge in [-0.2, -0.15) is 45.5 Å². The summed E-state index contributed by atoms with van der Waals surface area (Å²) in [5, 5.41) is 50.1. The smallest absolute Gasteiger partial charge is 0.301 e. The molecule has 1 unspecified atom stereocenters. The molecule has 0 aliphatic carbocycles. The molecule has 0 saturated carbocycles. The van der Waals surface area contributed by atoms with Gasteiger partial charge in [0.15, 0.2) is 0 Å². The van der Waals surface area contributed by atoms with Gasteiger partial charge in [-0.3, -0.25) is 42.5 Å². The van der Waals surface area contributed by atoms with E-state index < -0.39 is 70.5 Å². The molecule has 12 heterocycles. The van der Waals surface area contributed by atoms with E-state index >= 15 is 0 Å². The Morgan fingerprint density at radius 1 is 0.385 bits per heavy atom. The zero-order chi connectivity index (χ0) is 104. The fourth-order valence-corrected chi connectivity index (χ4v) is 31.4. The van der Waals surface area contributed by atoms with Crippen LogP contribution in [0.5, 0.6) is 35.3 Å². The van der Waals surface area contributed by atoms with Crippen LogP contribution in [0.2, 0.25) is 10.1 Å². The van der Waals surface area contributed by atoms with Crippen LogP contribution in [0.25, 0.3) is 45.7 Å². The zero-order valence-electron chi connectivity index (χ0n) is 83.2. The number of thiophene rings is 3. The number of nitrogens with one attached hydrogen (secondary N) is 3. The molecule has 0 bridgehead atoms. The number of amides is 3. The van der Waals surface area contributed by atoms with Crippen molar-refractivity contribution in [2.75, 3.05) is 100 Å². The Hall–Kier alpha value is -14.3. The molecule has 44 heteroatoms. The highest BCUT2D eigenvalue weighted by molar-refractivity contribution is 7.22. The van der Waals surface area contributed by atoms with E-state index in [0.29, 0.717) is 96.3 Å². The molecule has 7 aromatic carbocycles. The van der Waals surface area contributed by atoms with Crippen molar-refractivity contribution in [3.63, 3.8) is 0 Å². The molecule has 6 atom stereocenters. The first-order valence-electron chi connectivity index (χ1n) is 47.9. The predicted octanol–water partition coefficient (Wildman–Crippen LogP) is 12.2. The quantitative estimate of drug-likeness (QED) is 0.0206. The highest BCUT2D eigenvalue weighted by Crippen LogP contribution is 2.43. The first kappa shape index (κ1) is 105. The molecule has 148 heavy (non-hydrogen) atoms. The molecular weight excluding hydrogens is 2000 g/mol. The molecular formula is C104H111F3N18O18S3Si2. The Bertz CT molecular complexity index is 7170. The molecule has 3 fully saturated rings. The number of fused-ring (bicyclic) bond motifs is 3. The first-order valence-corrected chi connectivity index (χ1v) is 54.1. The highest BCUT2D eigenvalue weighted by atomic mass is 32.1. The SMILES string of the molecule is COc1ccc(F)cc1[C@H](COc1nc2sc(-n3nccn3)c(C)c2c(=O)n1C1CNC(=O)C1)OCCO[Si](c1ccccc1)(c1ccccc1)C(C)(C)C.COc1ccc(F)cc1[C@H](COc1nc2sc(-n3nccn3)c(C)c2c(=O)n1[C@@H]1CNC(=O)C1)OCCO.COc1ccc(F)cc1[C@H](COc1nc2sc(-n3nccn3)c(C)c2c(=O)n1[C@@H]1CNC(=O)C1)OCCO[Si](c1ccccc1)(c1ccccc1)C(C)(C)C. The molecule has 16 aromatic rings. The van der Waals surface area contributed by atoms with E-state index in [2.05, 4.69) is 142 Å². The normalized spacial score (nSPS) is 15.5. The molecule has 3 saturated heterocycles. The first-order chi connectivity index (χ1) is 71.4. The van der Waals surface area contributed by atoms with E-state index in [1.54, 1.807) is 31.7 Å². The number of aliphatic hydroxyl groups excluding tert-OH is 1. The van der Waals surface area contributed by atoms with Crippen LogP contribution in [0.15, 0.2) is 227 Å². The molecule has 36 nitrogen and oxygen atoms in total. The van der Waals surface area contributed by atoms with Gasteiger partial charge in [-0.05, 0) is 106 Å². The molecule has 3 amide bonds. The Morgan fingerprint density at radius 3 is 0.885 bits per heavy atom. The summed E-state index contributed by atoms with van der Waals surface area (Å²) in [7, 11) is -1.28. The van der Waals surface area contributed by atoms with Crippen LogP contribution >= 0.6 is 34.0 Å². The van der Waals surface area contributed by atoms with Crippen LogP contribution in [0.4, 0.5) is 13.2 Å². The number of nitrogens with zero attached hydrogens (tertiary/aromatic N) is 15. The standard InChI is InChI=1S/2C40H43FN6O6SSi.C24H25FN6O6S/c2*1-26-35-36(54-38(26)47-43-18-19-44-47)45-39(46(37(35)49)28-23-34(48)42-24-28)52-25-33(31-22-27(41)16-17-32(31)50-5)51-20-21-53-55(40(2,3)4,29-12-8-6-9-13-29)30-14-10-7-11-15-30;1-13-20-21(38-23(13)31-27-5-6-28-31)29-24(30(22(20)34)15-10-19(33)26-11-15)37-12-18(36-8-7-32)16-9-14(25)3-4-17(16)35-2/h2*6-19,22,28,33H,20-21,23-25H2,1-5H3,(H,42,48);3-6,9,15,18,32H,7-8,10-12H2,1-2H3,(H,26,33)/t28?,33-;28-,33-;15-,18-/m000/s1. The summed E-state index contributed by atoms with van der Waals surface area (Å²) < 4.78 is 117. The van der Waals surface area contributed by atoms with Gasteiger partial charge in [0.05, 0.1) is 132 Å². The second kappa shape index (κ2) is 46.0. The minimum atomic E-state index is -2.87. The lowest BCUT2D eigenvalue weighted by atomic mass is 10.1. The molecule has 772 valence electrons. The summed E-state index contributed by atoms with van der Waals surface area (Å²) in [6, 6.07) is 52.0. The maximum absolute atomic E-state index is 14.9. The third-order valence-corrected chi connectivity index (χ3v) is 39.5. The zero-order valence-corrected chi connectivity index (χ0v) is 87.7. The topological polar surface area (TPSA) is 406 Å². The van der Waals surface area contributed by atoms with Gasteiger partial charge in [-0.1, -0.05) is 197 Å². The summed E-state index contributed by atoms with van der Waals surface area (Å²) in [5.41, 5.74) is 2.11. The number of rotatable bonds is 38. The monoisotopic (exact) mass is 2110 g/mol. The fraction of sp³-hybridized carbons (Fsp3) is 0.337. The lowest BCUT2D eigenvalue weighted by molar-refractivity contribution is -0.120. The number of ether oxygens (including phenoxy) is 9. The van der Waals surface area contributed by atoms with Crippen molar-refractivity contribution in [1.29, 1.82) is 0 Å². The second-order valence-corrected chi connectivity index (χ2v) is 48.7. The number of halogens is 3. The summed E-state index contributed by atoms with van der Waals surface area (Å²) in [6.07, 6.45) is 6.95. The Balaban J connectivity index is 0.000000154. The van der Waals surface area contributed by atoms with E-state index in [-0.39, 0.29) is 161 Å². The van der Waals surface area contributed by atoms with Crippen molar-refractivity contribution >= 4 is 120 Å². The van der Waals surface area contributed by atoms with Gasteiger partial charge < -0.3 is 72.5 Å². The van der Waals surface area contributed by atoms with Crippen LogP contribution in [0, 0.1) is 38.2 Å². The van der Waals surface area contributed by atoms with E-state index in [9.17, 15) is 47.0 Å². The fourth-order valence-electron chi connectivity index (χ4n) is 19.1. The Labute approximate surface area is 861 Å². The number of carbonyl (C=O) groups excluding carboxylic acids is 3. The van der Waals surface area contributed by atoms with Crippen LogP contribution in [0.3, 0.4) is 0 Å². The van der Waals surface area contributed by atoms with Crippen molar-refractivity contribution in [1.82, 2.24) is 89.6 Å². The number of benzene rings is 7. The number of carbonyl (C=O) groups is 3. The van der Waals surface area contributed by atoms with Gasteiger partial charge in [-0.15, -0.1) is 14.4 Å².